The van der Waals surface area contributed by atoms with Crippen LogP contribution >= 0.6 is 0 Å². The van der Waals surface area contributed by atoms with Crippen LogP contribution in [-0.2, 0) is 17.8 Å². The summed E-state index contributed by atoms with van der Waals surface area (Å²) in [7, 11) is 1.56. The van der Waals surface area contributed by atoms with Gasteiger partial charge in [0.05, 0.1) is 19.8 Å². The molecule has 3 aromatic rings. The van der Waals surface area contributed by atoms with E-state index in [0.717, 1.165) is 16.5 Å². The molecule has 0 aliphatic rings. The van der Waals surface area contributed by atoms with E-state index in [2.05, 4.69) is 10.1 Å². The SMILES string of the molecule is COc1ccc2c(CC(=O)NCc3ccc(OCC(F)(F)F)cc3)coc2c1. The highest BCUT2D eigenvalue weighted by molar-refractivity contribution is 5.88. The first kappa shape index (κ1) is 19.6. The Morgan fingerprint density at radius 3 is 2.50 bits per heavy atom. The highest BCUT2D eigenvalue weighted by Crippen LogP contribution is 2.26. The van der Waals surface area contributed by atoms with Crippen molar-refractivity contribution in [3.8, 4) is 11.5 Å². The molecule has 0 bridgehead atoms. The van der Waals surface area contributed by atoms with Gasteiger partial charge in [-0.25, -0.2) is 0 Å². The van der Waals surface area contributed by atoms with E-state index in [0.29, 0.717) is 11.3 Å². The molecule has 1 N–H and O–H groups in total. The molecule has 0 radical (unpaired) electrons. The lowest BCUT2D eigenvalue weighted by Crippen LogP contribution is -2.24. The molecule has 0 aliphatic carbocycles. The van der Waals surface area contributed by atoms with E-state index in [4.69, 9.17) is 9.15 Å². The van der Waals surface area contributed by atoms with Gasteiger partial charge in [-0.15, -0.1) is 0 Å². The fraction of sp³-hybridized carbons (Fsp3) is 0.250. The van der Waals surface area contributed by atoms with Crippen molar-refractivity contribution >= 4 is 16.9 Å². The summed E-state index contributed by atoms with van der Waals surface area (Å²) >= 11 is 0. The summed E-state index contributed by atoms with van der Waals surface area (Å²) in [5, 5.41) is 3.61. The largest absolute Gasteiger partial charge is 0.497 e. The second-order valence-electron chi connectivity index (χ2n) is 6.12. The first-order chi connectivity index (χ1) is 13.3. The number of nitrogens with one attached hydrogen (secondary N) is 1. The van der Waals surface area contributed by atoms with Crippen LogP contribution in [0, 0.1) is 0 Å². The van der Waals surface area contributed by atoms with Crippen LogP contribution in [-0.4, -0.2) is 25.8 Å². The van der Waals surface area contributed by atoms with Crippen molar-refractivity contribution in [3.63, 3.8) is 0 Å². The zero-order valence-electron chi connectivity index (χ0n) is 15.0. The molecule has 0 saturated carbocycles. The van der Waals surface area contributed by atoms with E-state index >= 15 is 0 Å². The van der Waals surface area contributed by atoms with Crippen molar-refractivity contribution in [2.24, 2.45) is 0 Å². The van der Waals surface area contributed by atoms with E-state index < -0.39 is 12.8 Å². The molecule has 0 fully saturated rings. The first-order valence-corrected chi connectivity index (χ1v) is 8.43. The van der Waals surface area contributed by atoms with Gasteiger partial charge in [-0.2, -0.15) is 13.2 Å². The number of halogens is 3. The monoisotopic (exact) mass is 393 g/mol. The Bertz CT molecular complexity index is 948. The molecule has 0 atom stereocenters. The number of alkyl halides is 3. The Hall–Kier alpha value is -3.16. The average molecular weight is 393 g/mol. The van der Waals surface area contributed by atoms with E-state index in [-0.39, 0.29) is 24.6 Å². The third-order valence-electron chi connectivity index (χ3n) is 4.03. The summed E-state index contributed by atoms with van der Waals surface area (Å²) in [6.07, 6.45) is -2.70. The molecule has 1 aromatic heterocycles. The minimum Gasteiger partial charge on any atom is -0.497 e. The summed E-state index contributed by atoms with van der Waals surface area (Å²) in [6, 6.07) is 11.5. The standard InChI is InChI=1S/C20H18F3NO4/c1-26-16-6-7-17-14(11-27-18(17)9-16)8-19(25)24-10-13-2-4-15(5-3-13)28-12-20(21,22)23/h2-7,9,11H,8,10,12H2,1H3,(H,24,25). The highest BCUT2D eigenvalue weighted by Gasteiger charge is 2.28. The van der Waals surface area contributed by atoms with Gasteiger partial charge in [-0.3, -0.25) is 4.79 Å². The number of fused-ring (bicyclic) bond motifs is 1. The van der Waals surface area contributed by atoms with Crippen molar-refractivity contribution in [1.29, 1.82) is 0 Å². The van der Waals surface area contributed by atoms with Crippen LogP contribution in [0.3, 0.4) is 0 Å². The topological polar surface area (TPSA) is 60.7 Å². The highest BCUT2D eigenvalue weighted by atomic mass is 19.4. The number of hydrogen-bond acceptors (Lipinski definition) is 4. The van der Waals surface area contributed by atoms with Gasteiger partial charge in [-0.05, 0) is 29.8 Å². The van der Waals surface area contributed by atoms with E-state index in [1.807, 2.05) is 6.07 Å². The quantitative estimate of drug-likeness (QED) is 0.652. The number of rotatable bonds is 7. The Balaban J connectivity index is 1.53. The van der Waals surface area contributed by atoms with Gasteiger partial charge in [0.1, 0.15) is 17.1 Å². The summed E-state index contributed by atoms with van der Waals surface area (Å²) in [4.78, 5) is 12.2. The number of methoxy groups -OCH3 is 1. The van der Waals surface area contributed by atoms with Crippen LogP contribution in [0.1, 0.15) is 11.1 Å². The zero-order chi connectivity index (χ0) is 20.1. The number of furan rings is 1. The molecule has 1 heterocycles. The third-order valence-corrected chi connectivity index (χ3v) is 4.03. The van der Waals surface area contributed by atoms with Crippen LogP contribution in [0.15, 0.2) is 53.1 Å². The normalized spacial score (nSPS) is 11.4. The molecule has 28 heavy (non-hydrogen) atoms. The fourth-order valence-corrected chi connectivity index (χ4v) is 2.63. The second-order valence-corrected chi connectivity index (χ2v) is 6.12. The molecule has 1 amide bonds. The summed E-state index contributed by atoms with van der Waals surface area (Å²) in [6.45, 7) is -1.09. The molecule has 0 aliphatic heterocycles. The van der Waals surface area contributed by atoms with Crippen molar-refractivity contribution in [2.45, 2.75) is 19.1 Å². The van der Waals surface area contributed by atoms with Gasteiger partial charge in [-0.1, -0.05) is 12.1 Å². The number of benzene rings is 2. The Morgan fingerprint density at radius 1 is 1.11 bits per heavy atom. The van der Waals surface area contributed by atoms with Gasteiger partial charge in [0.15, 0.2) is 6.61 Å². The number of amides is 1. The van der Waals surface area contributed by atoms with Crippen molar-refractivity contribution < 1.29 is 31.9 Å². The number of ether oxygens (including phenoxy) is 2. The van der Waals surface area contributed by atoms with Crippen molar-refractivity contribution in [1.82, 2.24) is 5.32 Å². The minimum atomic E-state index is -4.38. The molecule has 148 valence electrons. The maximum absolute atomic E-state index is 12.2. The van der Waals surface area contributed by atoms with Gasteiger partial charge in [0, 0.05) is 23.6 Å². The zero-order valence-corrected chi connectivity index (χ0v) is 15.0. The Labute approximate surface area is 159 Å². The predicted molar refractivity (Wildman–Crippen MR) is 96.3 cm³/mol. The number of hydrogen-bond donors (Lipinski definition) is 1. The molecular weight excluding hydrogens is 375 g/mol. The fourth-order valence-electron chi connectivity index (χ4n) is 2.63. The van der Waals surface area contributed by atoms with Crippen LogP contribution in [0.2, 0.25) is 0 Å². The van der Waals surface area contributed by atoms with Crippen LogP contribution in [0.25, 0.3) is 11.0 Å². The molecule has 3 rings (SSSR count). The average Bonchev–Trinajstić information content (AvgIpc) is 3.06. The lowest BCUT2D eigenvalue weighted by molar-refractivity contribution is -0.153. The number of carbonyl (C=O) groups excluding carboxylic acids is 1. The Kier molecular flexibility index (Phi) is 5.77. The molecule has 2 aromatic carbocycles. The van der Waals surface area contributed by atoms with Gasteiger partial charge in [0.25, 0.3) is 0 Å². The lowest BCUT2D eigenvalue weighted by Gasteiger charge is -2.10. The van der Waals surface area contributed by atoms with Crippen LogP contribution in [0.4, 0.5) is 13.2 Å². The lowest BCUT2D eigenvalue weighted by atomic mass is 10.1. The maximum atomic E-state index is 12.2. The third kappa shape index (κ3) is 5.18. The van der Waals surface area contributed by atoms with Gasteiger partial charge >= 0.3 is 6.18 Å². The molecule has 0 unspecified atom stereocenters. The van der Waals surface area contributed by atoms with Gasteiger partial charge in [0.2, 0.25) is 5.91 Å². The molecule has 8 heteroatoms. The van der Waals surface area contributed by atoms with E-state index in [1.165, 1.54) is 18.4 Å². The van der Waals surface area contributed by atoms with Crippen LogP contribution < -0.4 is 14.8 Å². The molecular formula is C20H18F3NO4. The second kappa shape index (κ2) is 8.24. The summed E-state index contributed by atoms with van der Waals surface area (Å²) in [5.74, 6) is 0.587. The number of carbonyl (C=O) groups is 1. The Morgan fingerprint density at radius 2 is 1.82 bits per heavy atom. The van der Waals surface area contributed by atoms with Gasteiger partial charge < -0.3 is 19.2 Å². The predicted octanol–water partition coefficient (Wildman–Crippen LogP) is 4.24. The smallest absolute Gasteiger partial charge is 0.422 e. The summed E-state index contributed by atoms with van der Waals surface area (Å²) in [5.41, 5.74) is 2.14. The van der Waals surface area contributed by atoms with Crippen LogP contribution in [0.5, 0.6) is 11.5 Å². The first-order valence-electron chi connectivity index (χ1n) is 8.43. The molecule has 5 nitrogen and oxygen atoms in total. The summed E-state index contributed by atoms with van der Waals surface area (Å²) < 4.78 is 51.7. The minimum absolute atomic E-state index is 0.118. The maximum Gasteiger partial charge on any atom is 0.422 e. The van der Waals surface area contributed by atoms with E-state index in [9.17, 15) is 18.0 Å². The van der Waals surface area contributed by atoms with Crippen molar-refractivity contribution in [2.75, 3.05) is 13.7 Å². The molecule has 0 saturated heterocycles. The molecule has 0 spiro atoms. The van der Waals surface area contributed by atoms with Crippen molar-refractivity contribution in [3.05, 3.63) is 59.9 Å². The van der Waals surface area contributed by atoms with E-state index in [1.54, 1.807) is 31.4 Å².